The molecule has 6 N–H and O–H groups in total. The Morgan fingerprint density at radius 1 is 1.00 bits per heavy atom. The summed E-state index contributed by atoms with van der Waals surface area (Å²) in [5, 5.41) is 52.6. The van der Waals surface area contributed by atoms with Gasteiger partial charge in [0.15, 0.2) is 18.7 Å². The predicted molar refractivity (Wildman–Crippen MR) is 88.4 cm³/mol. The number of aliphatic hydroxyl groups excluding tert-OH is 5. The lowest BCUT2D eigenvalue weighted by Crippen LogP contribution is -2.67. The minimum Gasteiger partial charge on any atom is -0.454 e. The van der Waals surface area contributed by atoms with Gasteiger partial charge in [-0.15, -0.1) is 0 Å². The van der Waals surface area contributed by atoms with Gasteiger partial charge in [-0.2, -0.15) is 0 Å². The van der Waals surface area contributed by atoms with E-state index in [1.807, 2.05) is 0 Å². The van der Waals surface area contributed by atoms with Crippen molar-refractivity contribution in [3.05, 3.63) is 0 Å². The first-order chi connectivity index (χ1) is 13.1. The Morgan fingerprint density at radius 2 is 1.64 bits per heavy atom. The number of aliphatic hydroxyl groups is 5. The molecule has 2 aliphatic rings. The molecule has 0 aromatic heterocycles. The Bertz CT molecular complexity index is 547. The van der Waals surface area contributed by atoms with Crippen LogP contribution in [0, 0.1) is 0 Å². The summed E-state index contributed by atoms with van der Waals surface area (Å²) in [7, 11) is 0. The van der Waals surface area contributed by atoms with Crippen LogP contribution in [-0.2, 0) is 28.5 Å². The van der Waals surface area contributed by atoms with E-state index in [0.29, 0.717) is 0 Å². The molecule has 0 bridgehead atoms. The van der Waals surface area contributed by atoms with E-state index in [1.165, 1.54) is 13.8 Å². The third-order valence-corrected chi connectivity index (χ3v) is 4.62. The zero-order valence-corrected chi connectivity index (χ0v) is 15.7. The van der Waals surface area contributed by atoms with Gasteiger partial charge in [0.1, 0.15) is 36.6 Å². The van der Waals surface area contributed by atoms with E-state index >= 15 is 0 Å². The van der Waals surface area contributed by atoms with E-state index < -0.39 is 79.8 Å². The molecule has 0 radical (unpaired) electrons. The summed E-state index contributed by atoms with van der Waals surface area (Å²) in [6.45, 7) is 3.06. The Labute approximate surface area is 160 Å². The topological polar surface area (TPSA) is 184 Å². The van der Waals surface area contributed by atoms with Gasteiger partial charge >= 0.3 is 5.97 Å². The molecule has 12 nitrogen and oxygen atoms in total. The smallest absolute Gasteiger partial charge is 0.303 e. The van der Waals surface area contributed by atoms with Crippen molar-refractivity contribution in [3.8, 4) is 0 Å². The van der Waals surface area contributed by atoms with Crippen molar-refractivity contribution in [1.29, 1.82) is 0 Å². The lowest BCUT2D eigenvalue weighted by atomic mass is 9.95. The zero-order chi connectivity index (χ0) is 21.2. The quantitative estimate of drug-likeness (QED) is 0.246. The Morgan fingerprint density at radius 3 is 2.18 bits per heavy atom. The van der Waals surface area contributed by atoms with Crippen LogP contribution in [0.2, 0.25) is 0 Å². The highest BCUT2D eigenvalue weighted by atomic mass is 16.7. The number of nitrogens with one attached hydrogen (secondary N) is 1. The Kier molecular flexibility index (Phi) is 7.70. The first-order valence-electron chi connectivity index (χ1n) is 8.80. The molecule has 2 saturated heterocycles. The van der Waals surface area contributed by atoms with E-state index in [1.54, 1.807) is 0 Å². The van der Waals surface area contributed by atoms with E-state index in [9.17, 15) is 35.1 Å². The molecule has 1 amide bonds. The van der Waals surface area contributed by atoms with Crippen LogP contribution < -0.4 is 5.32 Å². The zero-order valence-electron chi connectivity index (χ0n) is 15.7. The second-order valence-corrected chi connectivity index (χ2v) is 6.83. The normalized spacial score (nSPS) is 44.0. The maximum Gasteiger partial charge on any atom is 0.303 e. The standard InChI is InChI=1S/C16H27NO11/c1-5-10(21)12(23)14(26-7(3)20)16(25-5)28-13-9(17-6(2)19)15(24)27-8(4-18)11(13)22/h5,8-16,18,21-24H,4H2,1-3H3,(H,17,19)/t5-,8+,9+,10+,11+,12+,13+,14+,15+,16-/m0/s1. The molecular weight excluding hydrogens is 382 g/mol. The van der Waals surface area contributed by atoms with E-state index in [4.69, 9.17) is 18.9 Å². The molecule has 28 heavy (non-hydrogen) atoms. The van der Waals surface area contributed by atoms with Crippen molar-refractivity contribution >= 4 is 11.9 Å². The van der Waals surface area contributed by atoms with Crippen molar-refractivity contribution in [2.24, 2.45) is 0 Å². The lowest BCUT2D eigenvalue weighted by Gasteiger charge is -2.46. The van der Waals surface area contributed by atoms with E-state index in [2.05, 4.69) is 5.32 Å². The first kappa shape index (κ1) is 22.9. The summed E-state index contributed by atoms with van der Waals surface area (Å²) in [5.74, 6) is -1.33. The van der Waals surface area contributed by atoms with Crippen LogP contribution in [0.3, 0.4) is 0 Å². The molecule has 0 unspecified atom stereocenters. The van der Waals surface area contributed by atoms with Crippen molar-refractivity contribution in [1.82, 2.24) is 5.32 Å². The first-order valence-corrected chi connectivity index (χ1v) is 8.80. The highest BCUT2D eigenvalue weighted by molar-refractivity contribution is 5.73. The molecule has 2 aliphatic heterocycles. The Balaban J connectivity index is 2.29. The monoisotopic (exact) mass is 409 g/mol. The van der Waals surface area contributed by atoms with E-state index in [0.717, 1.165) is 6.92 Å². The fraction of sp³-hybridized carbons (Fsp3) is 0.875. The van der Waals surface area contributed by atoms with Gasteiger partial charge in [0.25, 0.3) is 0 Å². The van der Waals surface area contributed by atoms with Gasteiger partial charge in [0, 0.05) is 13.8 Å². The van der Waals surface area contributed by atoms with Crippen LogP contribution in [0.1, 0.15) is 20.8 Å². The molecule has 0 saturated carbocycles. The van der Waals surface area contributed by atoms with Gasteiger partial charge in [-0.25, -0.2) is 0 Å². The lowest BCUT2D eigenvalue weighted by molar-refractivity contribution is -0.338. The number of hydrogen-bond donors (Lipinski definition) is 6. The minimum atomic E-state index is -1.63. The van der Waals surface area contributed by atoms with Gasteiger partial charge < -0.3 is 49.8 Å². The number of amides is 1. The summed E-state index contributed by atoms with van der Waals surface area (Å²) >= 11 is 0. The Hall–Kier alpha value is -1.38. The van der Waals surface area contributed by atoms with Gasteiger partial charge in [-0.1, -0.05) is 0 Å². The summed E-state index contributed by atoms with van der Waals surface area (Å²) in [4.78, 5) is 22.9. The number of ether oxygens (including phenoxy) is 4. The van der Waals surface area contributed by atoms with Crippen molar-refractivity contribution in [2.45, 2.75) is 82.1 Å². The van der Waals surface area contributed by atoms with E-state index in [-0.39, 0.29) is 0 Å². The third kappa shape index (κ3) is 4.96. The summed E-state index contributed by atoms with van der Waals surface area (Å²) < 4.78 is 21.2. The fourth-order valence-electron chi connectivity index (χ4n) is 3.22. The highest BCUT2D eigenvalue weighted by Crippen LogP contribution is 2.29. The van der Waals surface area contributed by atoms with Crippen LogP contribution >= 0.6 is 0 Å². The number of hydrogen-bond acceptors (Lipinski definition) is 11. The largest absolute Gasteiger partial charge is 0.454 e. The average Bonchev–Trinajstić information content (AvgIpc) is 2.61. The summed E-state index contributed by atoms with van der Waals surface area (Å²) in [6, 6.07) is -1.25. The molecule has 0 aliphatic carbocycles. The van der Waals surface area contributed by atoms with Crippen LogP contribution in [0.5, 0.6) is 0 Å². The summed E-state index contributed by atoms with van der Waals surface area (Å²) in [5.41, 5.74) is 0. The predicted octanol–water partition coefficient (Wildman–Crippen LogP) is -3.65. The molecule has 2 rings (SSSR count). The molecular formula is C16H27NO11. The van der Waals surface area contributed by atoms with Crippen LogP contribution in [0.15, 0.2) is 0 Å². The number of carbonyl (C=O) groups excluding carboxylic acids is 2. The maximum absolute atomic E-state index is 11.5. The van der Waals surface area contributed by atoms with Gasteiger partial charge in [-0.05, 0) is 6.92 Å². The van der Waals surface area contributed by atoms with Gasteiger partial charge in [0.05, 0.1) is 12.7 Å². The van der Waals surface area contributed by atoms with Crippen LogP contribution in [0.25, 0.3) is 0 Å². The molecule has 162 valence electrons. The number of carbonyl (C=O) groups is 2. The fourth-order valence-corrected chi connectivity index (χ4v) is 3.22. The van der Waals surface area contributed by atoms with Gasteiger partial charge in [-0.3, -0.25) is 9.59 Å². The summed E-state index contributed by atoms with van der Waals surface area (Å²) in [6.07, 6.45) is -12.4. The molecule has 12 heteroatoms. The average molecular weight is 409 g/mol. The molecule has 0 aromatic rings. The molecule has 2 heterocycles. The molecule has 10 atom stereocenters. The van der Waals surface area contributed by atoms with Crippen molar-refractivity contribution in [2.75, 3.05) is 6.61 Å². The SMILES string of the molecule is CC(=O)N[C@@H]1[C@@H](O[C@@H]2O[C@@H](C)[C@@H](O)[C@@H](O)[C@H]2OC(C)=O)[C@H](O)[C@@H](CO)O[C@H]1O. The molecule has 0 spiro atoms. The van der Waals surface area contributed by atoms with Crippen LogP contribution in [-0.4, -0.2) is 105 Å². The second kappa shape index (κ2) is 9.41. The van der Waals surface area contributed by atoms with Crippen molar-refractivity contribution < 1.29 is 54.1 Å². The maximum atomic E-state index is 11.5. The van der Waals surface area contributed by atoms with Crippen LogP contribution in [0.4, 0.5) is 0 Å². The van der Waals surface area contributed by atoms with Crippen molar-refractivity contribution in [3.63, 3.8) is 0 Å². The third-order valence-electron chi connectivity index (χ3n) is 4.62. The number of rotatable bonds is 5. The molecule has 2 fully saturated rings. The second-order valence-electron chi connectivity index (χ2n) is 6.83. The highest BCUT2D eigenvalue weighted by Gasteiger charge is 2.51. The molecule has 0 aromatic carbocycles. The van der Waals surface area contributed by atoms with Gasteiger partial charge in [0.2, 0.25) is 5.91 Å². The number of esters is 1. The minimum absolute atomic E-state index is 0.555.